The van der Waals surface area contributed by atoms with Crippen LogP contribution in [0.15, 0.2) is 18.2 Å². The van der Waals surface area contributed by atoms with Crippen molar-refractivity contribution in [2.24, 2.45) is 5.92 Å². The molecule has 1 aromatic carbocycles. The molecule has 1 heterocycles. The summed E-state index contributed by atoms with van der Waals surface area (Å²) in [5.74, 6) is 0.782. The van der Waals surface area contributed by atoms with Crippen molar-refractivity contribution >= 4 is 11.7 Å². The summed E-state index contributed by atoms with van der Waals surface area (Å²) in [6, 6.07) is 6.00. The predicted molar refractivity (Wildman–Crippen MR) is 95.2 cm³/mol. The van der Waals surface area contributed by atoms with Crippen LogP contribution in [0, 0.1) is 19.8 Å². The van der Waals surface area contributed by atoms with Gasteiger partial charge in [0.1, 0.15) is 0 Å². The van der Waals surface area contributed by atoms with Crippen molar-refractivity contribution in [1.82, 2.24) is 9.80 Å². The first kappa shape index (κ1) is 17.2. The lowest BCUT2D eigenvalue weighted by Gasteiger charge is -2.35. The van der Waals surface area contributed by atoms with E-state index in [1.165, 1.54) is 18.4 Å². The van der Waals surface area contributed by atoms with Crippen LogP contribution < -0.4 is 0 Å². The van der Waals surface area contributed by atoms with Crippen LogP contribution in [0.3, 0.4) is 0 Å². The summed E-state index contributed by atoms with van der Waals surface area (Å²) in [6.07, 6.45) is 4.51. The van der Waals surface area contributed by atoms with Crippen molar-refractivity contribution in [3.63, 3.8) is 0 Å². The largest absolute Gasteiger partial charge is 0.340 e. The highest BCUT2D eigenvalue weighted by Crippen LogP contribution is 2.27. The van der Waals surface area contributed by atoms with Crippen LogP contribution in [0.1, 0.15) is 47.2 Å². The van der Waals surface area contributed by atoms with E-state index in [2.05, 4.69) is 11.0 Å². The Morgan fingerprint density at radius 2 is 1.71 bits per heavy atom. The molecule has 0 atom stereocenters. The van der Waals surface area contributed by atoms with E-state index < -0.39 is 0 Å². The third kappa shape index (κ3) is 3.86. The molecule has 0 bridgehead atoms. The molecule has 0 radical (unpaired) electrons. The van der Waals surface area contributed by atoms with E-state index in [1.54, 1.807) is 0 Å². The summed E-state index contributed by atoms with van der Waals surface area (Å²) in [7, 11) is 0. The Morgan fingerprint density at radius 1 is 1.04 bits per heavy atom. The van der Waals surface area contributed by atoms with Gasteiger partial charge >= 0.3 is 0 Å². The van der Waals surface area contributed by atoms with Crippen LogP contribution in [0.2, 0.25) is 0 Å². The number of Topliss-reactive ketones (excluding diaryl/α,β-unsaturated/α-hetero) is 1. The van der Waals surface area contributed by atoms with Crippen LogP contribution in [0.25, 0.3) is 0 Å². The molecule has 1 aliphatic carbocycles. The third-order valence-corrected chi connectivity index (χ3v) is 5.44. The maximum atomic E-state index is 12.5. The lowest BCUT2D eigenvalue weighted by Crippen LogP contribution is -2.51. The number of carbonyl (C=O) groups is 2. The van der Waals surface area contributed by atoms with Gasteiger partial charge in [0.25, 0.3) is 0 Å². The maximum absolute atomic E-state index is 12.5. The Kier molecular flexibility index (Phi) is 5.34. The molecule has 0 N–H and O–H groups in total. The van der Waals surface area contributed by atoms with Gasteiger partial charge in [-0.1, -0.05) is 36.6 Å². The van der Waals surface area contributed by atoms with Gasteiger partial charge in [0, 0.05) is 37.7 Å². The minimum Gasteiger partial charge on any atom is -0.340 e. The zero-order valence-electron chi connectivity index (χ0n) is 14.9. The number of ketones is 1. The van der Waals surface area contributed by atoms with E-state index >= 15 is 0 Å². The van der Waals surface area contributed by atoms with E-state index in [1.807, 2.05) is 30.9 Å². The SMILES string of the molecule is Cc1ccc(C(=O)CN2CCN(C(=O)C3CCCC3)CC2)c(C)c1. The number of nitrogens with zero attached hydrogens (tertiary/aromatic N) is 2. The van der Waals surface area contributed by atoms with E-state index in [0.717, 1.165) is 50.1 Å². The van der Waals surface area contributed by atoms with Crippen molar-refractivity contribution in [3.8, 4) is 0 Å². The van der Waals surface area contributed by atoms with Crippen molar-refractivity contribution in [2.75, 3.05) is 32.7 Å². The first-order valence-corrected chi connectivity index (χ1v) is 9.16. The fourth-order valence-corrected chi connectivity index (χ4v) is 3.97. The number of amides is 1. The van der Waals surface area contributed by atoms with Gasteiger partial charge in [0.2, 0.25) is 5.91 Å². The number of benzene rings is 1. The summed E-state index contributed by atoms with van der Waals surface area (Å²) >= 11 is 0. The highest BCUT2D eigenvalue weighted by Gasteiger charge is 2.29. The van der Waals surface area contributed by atoms with Gasteiger partial charge in [0.05, 0.1) is 6.54 Å². The van der Waals surface area contributed by atoms with Gasteiger partial charge in [-0.25, -0.2) is 0 Å². The first-order chi connectivity index (χ1) is 11.5. The molecule has 1 aromatic rings. The van der Waals surface area contributed by atoms with Gasteiger partial charge in [-0.3, -0.25) is 14.5 Å². The second-order valence-corrected chi connectivity index (χ2v) is 7.32. The predicted octanol–water partition coefficient (Wildman–Crippen LogP) is 2.82. The number of piperazine rings is 1. The molecular weight excluding hydrogens is 300 g/mol. The number of hydrogen-bond donors (Lipinski definition) is 0. The Balaban J connectivity index is 1.51. The lowest BCUT2D eigenvalue weighted by molar-refractivity contribution is -0.137. The molecule has 1 saturated carbocycles. The molecule has 24 heavy (non-hydrogen) atoms. The average Bonchev–Trinajstić information content (AvgIpc) is 3.09. The fraction of sp³-hybridized carbons (Fsp3) is 0.600. The van der Waals surface area contributed by atoms with Crippen molar-refractivity contribution in [3.05, 3.63) is 34.9 Å². The molecule has 130 valence electrons. The Hall–Kier alpha value is -1.68. The summed E-state index contributed by atoms with van der Waals surface area (Å²) in [5, 5.41) is 0. The zero-order chi connectivity index (χ0) is 17.1. The van der Waals surface area contributed by atoms with Gasteiger partial charge < -0.3 is 4.90 Å². The van der Waals surface area contributed by atoms with Crippen LogP contribution in [-0.2, 0) is 4.79 Å². The van der Waals surface area contributed by atoms with Gasteiger partial charge in [-0.15, -0.1) is 0 Å². The van der Waals surface area contributed by atoms with Crippen LogP contribution in [0.5, 0.6) is 0 Å². The molecule has 1 saturated heterocycles. The van der Waals surface area contributed by atoms with E-state index in [4.69, 9.17) is 0 Å². The van der Waals surface area contributed by atoms with Crippen LogP contribution >= 0.6 is 0 Å². The number of aryl methyl sites for hydroxylation is 2. The topological polar surface area (TPSA) is 40.6 Å². The molecule has 1 aliphatic heterocycles. The maximum Gasteiger partial charge on any atom is 0.225 e. The Bertz CT molecular complexity index is 612. The van der Waals surface area contributed by atoms with E-state index in [0.29, 0.717) is 12.5 Å². The first-order valence-electron chi connectivity index (χ1n) is 9.16. The molecule has 3 rings (SSSR count). The average molecular weight is 328 g/mol. The normalized spacial score (nSPS) is 19.7. The minimum absolute atomic E-state index is 0.183. The molecule has 4 heteroatoms. The van der Waals surface area contributed by atoms with Gasteiger partial charge in [0.15, 0.2) is 5.78 Å². The van der Waals surface area contributed by atoms with Crippen molar-refractivity contribution < 1.29 is 9.59 Å². The monoisotopic (exact) mass is 328 g/mol. The highest BCUT2D eigenvalue weighted by molar-refractivity contribution is 5.99. The van der Waals surface area contributed by atoms with E-state index in [9.17, 15) is 9.59 Å². The molecule has 2 aliphatic rings. The molecule has 1 amide bonds. The standard InChI is InChI=1S/C20H28N2O2/c1-15-7-8-18(16(2)13-15)19(23)14-21-9-11-22(12-10-21)20(24)17-5-3-4-6-17/h7-8,13,17H,3-6,9-12,14H2,1-2H3. The van der Waals surface area contributed by atoms with Gasteiger partial charge in [-0.2, -0.15) is 0 Å². The molecular formula is C20H28N2O2. The molecule has 0 spiro atoms. The van der Waals surface area contributed by atoms with E-state index in [-0.39, 0.29) is 11.7 Å². The van der Waals surface area contributed by atoms with Crippen molar-refractivity contribution in [1.29, 1.82) is 0 Å². The van der Waals surface area contributed by atoms with Crippen LogP contribution in [0.4, 0.5) is 0 Å². The van der Waals surface area contributed by atoms with Gasteiger partial charge in [-0.05, 0) is 32.3 Å². The second-order valence-electron chi connectivity index (χ2n) is 7.32. The smallest absolute Gasteiger partial charge is 0.225 e. The number of carbonyl (C=O) groups excluding carboxylic acids is 2. The molecule has 0 aromatic heterocycles. The Morgan fingerprint density at radius 3 is 2.33 bits per heavy atom. The Labute approximate surface area is 144 Å². The van der Waals surface area contributed by atoms with Crippen LogP contribution in [-0.4, -0.2) is 54.2 Å². The molecule has 4 nitrogen and oxygen atoms in total. The zero-order valence-corrected chi connectivity index (χ0v) is 14.9. The molecule has 2 fully saturated rings. The molecule has 0 unspecified atom stereocenters. The lowest BCUT2D eigenvalue weighted by atomic mass is 10.0. The summed E-state index contributed by atoms with van der Waals surface area (Å²) < 4.78 is 0. The summed E-state index contributed by atoms with van der Waals surface area (Å²) in [6.45, 7) is 7.62. The number of hydrogen-bond acceptors (Lipinski definition) is 3. The van der Waals surface area contributed by atoms with Crippen molar-refractivity contribution in [2.45, 2.75) is 39.5 Å². The minimum atomic E-state index is 0.183. The number of rotatable bonds is 4. The quantitative estimate of drug-likeness (QED) is 0.798. The second kappa shape index (κ2) is 7.47. The third-order valence-electron chi connectivity index (χ3n) is 5.44. The fourth-order valence-electron chi connectivity index (χ4n) is 3.97. The summed E-state index contributed by atoms with van der Waals surface area (Å²) in [5.41, 5.74) is 3.06. The summed E-state index contributed by atoms with van der Waals surface area (Å²) in [4.78, 5) is 29.2. The highest BCUT2D eigenvalue weighted by atomic mass is 16.2.